The predicted octanol–water partition coefficient (Wildman–Crippen LogP) is 3.39. The van der Waals surface area contributed by atoms with Gasteiger partial charge in [-0.25, -0.2) is 0 Å². The molecule has 0 amide bonds. The summed E-state index contributed by atoms with van der Waals surface area (Å²) in [5.74, 6) is 0.856. The molecule has 3 rings (SSSR count). The van der Waals surface area contributed by atoms with Crippen molar-refractivity contribution < 1.29 is 14.6 Å². The van der Waals surface area contributed by atoms with Crippen molar-refractivity contribution in [3.05, 3.63) is 34.9 Å². The fraction of sp³-hybridized carbons (Fsp3) is 0.682. The van der Waals surface area contributed by atoms with Crippen molar-refractivity contribution in [2.24, 2.45) is 4.99 Å². The number of piperidine rings is 1. The average Bonchev–Trinajstić information content (AvgIpc) is 2.76. The Morgan fingerprint density at radius 2 is 2.03 bits per heavy atom. The maximum Gasteiger partial charge on any atom is 0.194 e. The number of hydrogen-bond donors (Lipinski definition) is 2. The average molecular weight is 424 g/mol. The number of hydrogen-bond acceptors (Lipinski definition) is 4. The Hall–Kier alpha value is -1.34. The molecule has 2 heterocycles. The van der Waals surface area contributed by atoms with Gasteiger partial charge in [-0.1, -0.05) is 23.7 Å². The third-order valence-electron chi connectivity index (χ3n) is 5.54. The van der Waals surface area contributed by atoms with E-state index in [0.717, 1.165) is 57.0 Å². The number of benzene rings is 1. The van der Waals surface area contributed by atoms with Gasteiger partial charge in [0.05, 0.1) is 31.5 Å². The zero-order chi connectivity index (χ0) is 20.5. The standard InChI is InChI=1S/C22H34ClN3O3/c1-2-24-22(25-15-21(27)17-6-8-18(23)9-7-17)26-12-10-19(11-13-26)29-16-20-5-3-4-14-28-20/h6-9,19-21,27H,2-5,10-16H2,1H3,(H,24,25). The van der Waals surface area contributed by atoms with Gasteiger partial charge < -0.3 is 24.8 Å². The van der Waals surface area contributed by atoms with Crippen LogP contribution in [0.1, 0.15) is 50.7 Å². The summed E-state index contributed by atoms with van der Waals surface area (Å²) >= 11 is 5.92. The van der Waals surface area contributed by atoms with E-state index in [1.165, 1.54) is 12.8 Å². The number of nitrogens with one attached hydrogen (secondary N) is 1. The number of aliphatic hydroxyl groups excluding tert-OH is 1. The first kappa shape index (κ1) is 22.3. The smallest absolute Gasteiger partial charge is 0.194 e. The van der Waals surface area contributed by atoms with Gasteiger partial charge in [0.1, 0.15) is 0 Å². The van der Waals surface area contributed by atoms with Crippen molar-refractivity contribution in [2.75, 3.05) is 39.4 Å². The van der Waals surface area contributed by atoms with E-state index < -0.39 is 6.10 Å². The number of aliphatic imine (C=N–C) groups is 1. The lowest BCUT2D eigenvalue weighted by molar-refractivity contribution is -0.0721. The molecular formula is C22H34ClN3O3. The van der Waals surface area contributed by atoms with E-state index in [2.05, 4.69) is 22.1 Å². The van der Waals surface area contributed by atoms with Crippen LogP contribution in [0.3, 0.4) is 0 Å². The number of aliphatic hydroxyl groups is 1. The van der Waals surface area contributed by atoms with E-state index in [4.69, 9.17) is 21.1 Å². The minimum atomic E-state index is -0.641. The summed E-state index contributed by atoms with van der Waals surface area (Å²) in [6, 6.07) is 7.26. The minimum absolute atomic E-state index is 0.273. The number of likely N-dealkylation sites (tertiary alicyclic amines) is 1. The topological polar surface area (TPSA) is 66.3 Å². The molecule has 2 aliphatic rings. The Morgan fingerprint density at radius 1 is 1.28 bits per heavy atom. The number of ether oxygens (including phenoxy) is 2. The van der Waals surface area contributed by atoms with E-state index in [1.807, 2.05) is 12.1 Å². The molecule has 0 radical (unpaired) electrons. The van der Waals surface area contributed by atoms with E-state index in [0.29, 0.717) is 24.3 Å². The van der Waals surface area contributed by atoms with Crippen molar-refractivity contribution in [3.63, 3.8) is 0 Å². The van der Waals surface area contributed by atoms with Gasteiger partial charge in [-0.3, -0.25) is 4.99 Å². The molecule has 1 aromatic carbocycles. The van der Waals surface area contributed by atoms with Crippen LogP contribution in [-0.4, -0.2) is 67.6 Å². The molecule has 6 nitrogen and oxygen atoms in total. The number of nitrogens with zero attached hydrogens (tertiary/aromatic N) is 2. The Balaban J connectivity index is 1.46. The highest BCUT2D eigenvalue weighted by Gasteiger charge is 2.24. The highest BCUT2D eigenvalue weighted by Crippen LogP contribution is 2.19. The normalized spacial score (nSPS) is 22.5. The van der Waals surface area contributed by atoms with E-state index in [1.54, 1.807) is 12.1 Å². The largest absolute Gasteiger partial charge is 0.386 e. The van der Waals surface area contributed by atoms with Gasteiger partial charge in [0.15, 0.2) is 5.96 Å². The highest BCUT2D eigenvalue weighted by atomic mass is 35.5. The number of halogens is 1. The molecule has 0 bridgehead atoms. The lowest BCUT2D eigenvalue weighted by Gasteiger charge is -2.35. The summed E-state index contributed by atoms with van der Waals surface area (Å²) in [5.41, 5.74) is 0.825. The van der Waals surface area contributed by atoms with Gasteiger partial charge in [0, 0.05) is 31.3 Å². The van der Waals surface area contributed by atoms with Crippen LogP contribution in [0, 0.1) is 0 Å². The third-order valence-corrected chi connectivity index (χ3v) is 5.79. The van der Waals surface area contributed by atoms with Crippen molar-refractivity contribution >= 4 is 17.6 Å². The van der Waals surface area contributed by atoms with Crippen LogP contribution in [0.5, 0.6) is 0 Å². The summed E-state index contributed by atoms with van der Waals surface area (Å²) in [5, 5.41) is 14.4. The number of guanidine groups is 1. The predicted molar refractivity (Wildman–Crippen MR) is 117 cm³/mol. The molecule has 29 heavy (non-hydrogen) atoms. The maximum absolute atomic E-state index is 10.4. The third kappa shape index (κ3) is 7.14. The summed E-state index contributed by atoms with van der Waals surface area (Å²) in [4.78, 5) is 6.93. The molecule has 0 saturated carbocycles. The Morgan fingerprint density at radius 3 is 2.69 bits per heavy atom. The van der Waals surface area contributed by atoms with Gasteiger partial charge >= 0.3 is 0 Å². The molecule has 2 unspecified atom stereocenters. The van der Waals surface area contributed by atoms with Gasteiger partial charge in [-0.15, -0.1) is 0 Å². The molecule has 162 valence electrons. The van der Waals surface area contributed by atoms with Gasteiger partial charge in [-0.05, 0) is 56.7 Å². The molecule has 0 aromatic heterocycles. The van der Waals surface area contributed by atoms with Crippen molar-refractivity contribution in [2.45, 2.75) is 57.3 Å². The molecule has 2 fully saturated rings. The molecule has 2 atom stereocenters. The van der Waals surface area contributed by atoms with Gasteiger partial charge in [-0.2, -0.15) is 0 Å². The Kier molecular flexibility index (Phi) is 9.05. The minimum Gasteiger partial charge on any atom is -0.386 e. The van der Waals surface area contributed by atoms with Crippen LogP contribution in [0.25, 0.3) is 0 Å². The molecule has 0 spiro atoms. The zero-order valence-corrected chi connectivity index (χ0v) is 18.1. The second kappa shape index (κ2) is 11.7. The number of rotatable bonds is 7. The maximum atomic E-state index is 10.4. The van der Waals surface area contributed by atoms with Crippen LogP contribution in [0.4, 0.5) is 0 Å². The molecule has 2 saturated heterocycles. The SMILES string of the molecule is CCNC(=NCC(O)c1ccc(Cl)cc1)N1CCC(OCC2CCCCO2)CC1. The zero-order valence-electron chi connectivity index (χ0n) is 17.4. The monoisotopic (exact) mass is 423 g/mol. The Bertz CT molecular complexity index is 627. The van der Waals surface area contributed by atoms with Crippen LogP contribution in [-0.2, 0) is 9.47 Å². The van der Waals surface area contributed by atoms with Crippen LogP contribution in [0.2, 0.25) is 5.02 Å². The molecule has 2 aliphatic heterocycles. The van der Waals surface area contributed by atoms with E-state index in [9.17, 15) is 5.11 Å². The second-order valence-corrected chi connectivity index (χ2v) is 8.21. The fourth-order valence-corrected chi connectivity index (χ4v) is 3.93. The lowest BCUT2D eigenvalue weighted by atomic mass is 10.1. The van der Waals surface area contributed by atoms with E-state index >= 15 is 0 Å². The fourth-order valence-electron chi connectivity index (χ4n) is 3.81. The second-order valence-electron chi connectivity index (χ2n) is 7.77. The summed E-state index contributed by atoms with van der Waals surface area (Å²) in [6.45, 7) is 6.57. The van der Waals surface area contributed by atoms with Crippen molar-refractivity contribution in [3.8, 4) is 0 Å². The van der Waals surface area contributed by atoms with Gasteiger partial charge in [0.25, 0.3) is 0 Å². The molecule has 7 heteroatoms. The molecule has 2 N–H and O–H groups in total. The first-order valence-electron chi connectivity index (χ1n) is 10.9. The van der Waals surface area contributed by atoms with Crippen LogP contribution >= 0.6 is 11.6 Å². The first-order chi connectivity index (χ1) is 14.2. The summed E-state index contributed by atoms with van der Waals surface area (Å²) in [6.07, 6.45) is 5.43. The molecular weight excluding hydrogens is 390 g/mol. The summed E-state index contributed by atoms with van der Waals surface area (Å²) in [7, 11) is 0. The van der Waals surface area contributed by atoms with Crippen molar-refractivity contribution in [1.82, 2.24) is 10.2 Å². The summed E-state index contributed by atoms with van der Waals surface area (Å²) < 4.78 is 11.9. The highest BCUT2D eigenvalue weighted by molar-refractivity contribution is 6.30. The lowest BCUT2D eigenvalue weighted by Crippen LogP contribution is -2.47. The van der Waals surface area contributed by atoms with Crippen molar-refractivity contribution in [1.29, 1.82) is 0 Å². The van der Waals surface area contributed by atoms with Gasteiger partial charge in [0.2, 0.25) is 0 Å². The first-order valence-corrected chi connectivity index (χ1v) is 11.2. The quantitative estimate of drug-likeness (QED) is 0.519. The van der Waals surface area contributed by atoms with E-state index in [-0.39, 0.29) is 6.10 Å². The Labute approximate surface area is 179 Å². The van der Waals surface area contributed by atoms with Crippen LogP contribution < -0.4 is 5.32 Å². The van der Waals surface area contributed by atoms with Crippen LogP contribution in [0.15, 0.2) is 29.3 Å². The molecule has 1 aromatic rings. The molecule has 0 aliphatic carbocycles.